The Morgan fingerprint density at radius 3 is 2.71 bits per heavy atom. The molecule has 9 heteroatoms. The maximum atomic E-state index is 13.2. The summed E-state index contributed by atoms with van der Waals surface area (Å²) in [6.07, 6.45) is 2.28. The number of fused-ring (bicyclic) bond motifs is 1. The van der Waals surface area contributed by atoms with Crippen molar-refractivity contribution in [2.24, 2.45) is 0 Å². The van der Waals surface area contributed by atoms with E-state index in [1.54, 1.807) is 23.1 Å². The van der Waals surface area contributed by atoms with Crippen LogP contribution in [0.3, 0.4) is 0 Å². The van der Waals surface area contributed by atoms with E-state index in [0.29, 0.717) is 18.0 Å². The first-order chi connectivity index (χ1) is 16.1. The molecule has 0 unspecified atom stereocenters. The molecule has 1 aliphatic rings. The van der Waals surface area contributed by atoms with Crippen LogP contribution in [0.15, 0.2) is 47.4 Å². The third-order valence-corrected chi connectivity index (χ3v) is 8.03. The third kappa shape index (κ3) is 7.83. The lowest BCUT2D eigenvalue weighted by atomic mass is 10.2. The number of halogens is 2. The quantitative estimate of drug-likeness (QED) is 0.223. The molecule has 2 heterocycles. The van der Waals surface area contributed by atoms with E-state index in [9.17, 15) is 4.79 Å². The second-order valence-electron chi connectivity index (χ2n) is 8.23. The summed E-state index contributed by atoms with van der Waals surface area (Å²) in [6.45, 7) is 7.24. The molecule has 0 aliphatic carbocycles. The molecular formula is C25H31Cl2N3O2S2. The van der Waals surface area contributed by atoms with E-state index in [4.69, 9.17) is 21.3 Å². The van der Waals surface area contributed by atoms with Gasteiger partial charge in [-0.05, 0) is 55.9 Å². The summed E-state index contributed by atoms with van der Waals surface area (Å²) in [6, 6.07) is 14.2. The molecule has 1 fully saturated rings. The fourth-order valence-electron chi connectivity index (χ4n) is 3.79. The number of ether oxygens (including phenoxy) is 1. The number of nitrogens with zero attached hydrogens (tertiary/aromatic N) is 3. The van der Waals surface area contributed by atoms with E-state index in [2.05, 4.69) is 36.1 Å². The van der Waals surface area contributed by atoms with E-state index in [-0.39, 0.29) is 18.3 Å². The molecule has 0 bridgehead atoms. The number of amides is 1. The zero-order chi connectivity index (χ0) is 23.0. The Morgan fingerprint density at radius 1 is 1.18 bits per heavy atom. The minimum absolute atomic E-state index is 0. The highest BCUT2D eigenvalue weighted by molar-refractivity contribution is 7.99. The number of thioether (sulfide) groups is 1. The predicted molar refractivity (Wildman–Crippen MR) is 147 cm³/mol. The molecule has 0 saturated carbocycles. The Hall–Kier alpha value is -1.35. The molecule has 2 aromatic carbocycles. The van der Waals surface area contributed by atoms with E-state index in [0.717, 1.165) is 66.8 Å². The van der Waals surface area contributed by atoms with Gasteiger partial charge in [0, 0.05) is 42.5 Å². The zero-order valence-electron chi connectivity index (χ0n) is 19.4. The number of hydrogen-bond acceptors (Lipinski definition) is 6. The molecule has 0 atom stereocenters. The number of aromatic nitrogens is 1. The molecule has 1 amide bonds. The van der Waals surface area contributed by atoms with Gasteiger partial charge in [-0.3, -0.25) is 14.6 Å². The van der Waals surface area contributed by atoms with Crippen molar-refractivity contribution < 1.29 is 9.53 Å². The highest BCUT2D eigenvalue weighted by Gasteiger charge is 2.20. The topological polar surface area (TPSA) is 45.7 Å². The molecule has 184 valence electrons. The van der Waals surface area contributed by atoms with Crippen molar-refractivity contribution in [3.05, 3.63) is 53.1 Å². The molecule has 0 spiro atoms. The summed E-state index contributed by atoms with van der Waals surface area (Å²) < 4.78 is 6.46. The summed E-state index contributed by atoms with van der Waals surface area (Å²) in [4.78, 5) is 23.5. The van der Waals surface area contributed by atoms with E-state index in [1.165, 1.54) is 10.5 Å². The van der Waals surface area contributed by atoms with Gasteiger partial charge in [-0.25, -0.2) is 4.98 Å². The minimum atomic E-state index is 0. The van der Waals surface area contributed by atoms with Gasteiger partial charge in [0.05, 0.1) is 23.4 Å². The number of morpholine rings is 1. The van der Waals surface area contributed by atoms with Crippen molar-refractivity contribution in [3.8, 4) is 0 Å². The first-order valence-electron chi connectivity index (χ1n) is 11.4. The maximum Gasteiger partial charge on any atom is 0.228 e. The molecule has 0 radical (unpaired) electrons. The smallest absolute Gasteiger partial charge is 0.228 e. The first kappa shape index (κ1) is 27.2. The van der Waals surface area contributed by atoms with Crippen LogP contribution in [0.25, 0.3) is 10.2 Å². The Kier molecular flexibility index (Phi) is 10.9. The van der Waals surface area contributed by atoms with Gasteiger partial charge < -0.3 is 4.74 Å². The molecule has 0 N–H and O–H groups in total. The van der Waals surface area contributed by atoms with Gasteiger partial charge in [0.15, 0.2) is 5.13 Å². The molecule has 5 nitrogen and oxygen atoms in total. The van der Waals surface area contributed by atoms with Gasteiger partial charge in [0.2, 0.25) is 5.91 Å². The molecule has 1 aromatic heterocycles. The van der Waals surface area contributed by atoms with Crippen LogP contribution >= 0.6 is 47.1 Å². The third-order valence-electron chi connectivity index (χ3n) is 5.66. The summed E-state index contributed by atoms with van der Waals surface area (Å²) in [5.41, 5.74) is 2.15. The number of carbonyl (C=O) groups excluding carboxylic acids is 1. The minimum Gasteiger partial charge on any atom is -0.379 e. The van der Waals surface area contributed by atoms with Gasteiger partial charge in [0.1, 0.15) is 0 Å². The largest absolute Gasteiger partial charge is 0.379 e. The van der Waals surface area contributed by atoms with Crippen molar-refractivity contribution in [1.29, 1.82) is 0 Å². The van der Waals surface area contributed by atoms with Crippen LogP contribution in [-0.4, -0.2) is 60.9 Å². The number of carbonyl (C=O) groups is 1. The fourth-order valence-corrected chi connectivity index (χ4v) is 5.93. The molecule has 3 aromatic rings. The number of benzene rings is 2. The standard InChI is InChI=1S/C25H30ClN3O2S2.ClH/c1-19-5-8-21(9-6-19)32-17-2-4-24(30)29(12-3-11-28-13-15-31-16-14-28)25-27-22-10-7-20(26)18-23(22)33-25;/h5-10,18H,2-4,11-17H2,1H3;1H. The Bertz CT molecular complexity index is 1060. The van der Waals surface area contributed by atoms with Crippen LogP contribution in [0.5, 0.6) is 0 Å². The predicted octanol–water partition coefficient (Wildman–Crippen LogP) is 6.31. The lowest BCUT2D eigenvalue weighted by Gasteiger charge is -2.27. The molecule has 4 rings (SSSR count). The Morgan fingerprint density at radius 2 is 1.94 bits per heavy atom. The second kappa shape index (κ2) is 13.7. The van der Waals surface area contributed by atoms with Crippen LogP contribution in [0.4, 0.5) is 5.13 Å². The van der Waals surface area contributed by atoms with Gasteiger partial charge in [-0.1, -0.05) is 40.6 Å². The van der Waals surface area contributed by atoms with Crippen LogP contribution in [0.2, 0.25) is 5.02 Å². The highest BCUT2D eigenvalue weighted by Crippen LogP contribution is 2.31. The number of hydrogen-bond donors (Lipinski definition) is 0. The summed E-state index contributed by atoms with van der Waals surface area (Å²) in [5, 5.41) is 1.46. The molecule has 1 aliphatic heterocycles. The Labute approximate surface area is 221 Å². The van der Waals surface area contributed by atoms with Crippen molar-refractivity contribution >= 4 is 68.4 Å². The second-order valence-corrected chi connectivity index (χ2v) is 10.8. The van der Waals surface area contributed by atoms with Gasteiger partial charge in [0.25, 0.3) is 0 Å². The van der Waals surface area contributed by atoms with Gasteiger partial charge >= 0.3 is 0 Å². The molecule has 34 heavy (non-hydrogen) atoms. The van der Waals surface area contributed by atoms with E-state index < -0.39 is 0 Å². The van der Waals surface area contributed by atoms with Gasteiger partial charge in [-0.2, -0.15) is 0 Å². The molecular weight excluding hydrogens is 509 g/mol. The summed E-state index contributed by atoms with van der Waals surface area (Å²) >= 11 is 9.51. The summed E-state index contributed by atoms with van der Waals surface area (Å²) in [7, 11) is 0. The number of aryl methyl sites for hydroxylation is 1. The lowest BCUT2D eigenvalue weighted by molar-refractivity contribution is -0.118. The lowest BCUT2D eigenvalue weighted by Crippen LogP contribution is -2.39. The van der Waals surface area contributed by atoms with Crippen molar-refractivity contribution in [2.75, 3.05) is 50.0 Å². The van der Waals surface area contributed by atoms with Crippen LogP contribution in [0, 0.1) is 6.92 Å². The van der Waals surface area contributed by atoms with Crippen molar-refractivity contribution in [3.63, 3.8) is 0 Å². The maximum absolute atomic E-state index is 13.2. The summed E-state index contributed by atoms with van der Waals surface area (Å²) in [5.74, 6) is 1.07. The normalized spacial score (nSPS) is 14.2. The highest BCUT2D eigenvalue weighted by atomic mass is 35.5. The van der Waals surface area contributed by atoms with E-state index >= 15 is 0 Å². The first-order valence-corrected chi connectivity index (χ1v) is 13.6. The van der Waals surface area contributed by atoms with Crippen LogP contribution < -0.4 is 4.90 Å². The van der Waals surface area contributed by atoms with Crippen LogP contribution in [0.1, 0.15) is 24.8 Å². The fraction of sp³-hybridized carbons (Fsp3) is 0.440. The van der Waals surface area contributed by atoms with Crippen LogP contribution in [-0.2, 0) is 9.53 Å². The molecule has 1 saturated heterocycles. The van der Waals surface area contributed by atoms with Crippen molar-refractivity contribution in [1.82, 2.24) is 9.88 Å². The van der Waals surface area contributed by atoms with Gasteiger partial charge in [-0.15, -0.1) is 24.2 Å². The number of rotatable bonds is 10. The van der Waals surface area contributed by atoms with Crippen molar-refractivity contribution in [2.45, 2.75) is 31.1 Å². The Balaban J connectivity index is 0.00000324. The van der Waals surface area contributed by atoms with E-state index in [1.807, 2.05) is 23.1 Å². The number of thiazole rings is 1. The zero-order valence-corrected chi connectivity index (χ0v) is 22.6. The average molecular weight is 541 g/mol. The SMILES string of the molecule is Cc1ccc(SCCCC(=O)N(CCCN2CCOCC2)c2nc3ccc(Cl)cc3s2)cc1.Cl. The number of anilines is 1. The monoisotopic (exact) mass is 539 g/mol. The average Bonchev–Trinajstić information content (AvgIpc) is 3.24.